The van der Waals surface area contributed by atoms with Crippen LogP contribution in [0.1, 0.15) is 57.6 Å². The zero-order valence-corrected chi connectivity index (χ0v) is 23.6. The van der Waals surface area contributed by atoms with Crippen LogP contribution in [-0.2, 0) is 9.59 Å². The Morgan fingerprint density at radius 2 is 1.94 bits per heavy atom. The molecule has 1 aliphatic heterocycles. The van der Waals surface area contributed by atoms with Crippen LogP contribution in [0.5, 0.6) is 0 Å². The fraction of sp³-hybridized carbons (Fsp3) is 0.522. The number of aromatic nitrogens is 1. The number of rotatable bonds is 6. The molecule has 2 heterocycles. The van der Waals surface area contributed by atoms with Crippen molar-refractivity contribution in [3.63, 3.8) is 0 Å². The number of hydrogen-bond donors (Lipinski definition) is 1. The van der Waals surface area contributed by atoms with Gasteiger partial charge in [-0.1, -0.05) is 57.5 Å². The predicted molar refractivity (Wildman–Crippen MR) is 131 cm³/mol. The number of nitrogens with two attached hydrogens (primary N) is 1. The first-order chi connectivity index (χ1) is 14.6. The molecule has 2 N–H and O–H groups in total. The molecule has 3 rings (SSSR count). The molecule has 1 aromatic heterocycles. The van der Waals surface area contributed by atoms with E-state index in [2.05, 4.69) is 36.2 Å². The summed E-state index contributed by atoms with van der Waals surface area (Å²) < 4.78 is 0. The third kappa shape index (κ3) is 6.48. The summed E-state index contributed by atoms with van der Waals surface area (Å²) in [6, 6.07) is 7.44. The Balaban J connectivity index is 0.00000363. The maximum atomic E-state index is 12.9. The summed E-state index contributed by atoms with van der Waals surface area (Å²) in [6.07, 6.45) is 1.55. The molecule has 0 spiro atoms. The van der Waals surface area contributed by atoms with Crippen LogP contribution in [0.2, 0.25) is 0 Å². The smallest absolute Gasteiger partial charge is 0.379 e. The van der Waals surface area contributed by atoms with Crippen molar-refractivity contribution in [2.45, 2.75) is 65.4 Å². The van der Waals surface area contributed by atoms with E-state index in [1.165, 1.54) is 16.5 Å². The van der Waals surface area contributed by atoms with Gasteiger partial charge in [0.1, 0.15) is 0 Å². The number of hydrogen-bond acceptors (Lipinski definition) is 6. The van der Waals surface area contributed by atoms with Crippen molar-refractivity contribution in [1.82, 2.24) is 9.88 Å². The molecule has 3 atom stereocenters. The van der Waals surface area contributed by atoms with Gasteiger partial charge in [0.05, 0.1) is 28.2 Å². The minimum absolute atomic E-state index is 0. The Morgan fingerprint density at radius 3 is 2.50 bits per heavy atom. The van der Waals surface area contributed by atoms with Crippen molar-refractivity contribution in [2.75, 3.05) is 6.54 Å². The maximum absolute atomic E-state index is 12.9. The van der Waals surface area contributed by atoms with E-state index in [1.54, 1.807) is 16.2 Å². The van der Waals surface area contributed by atoms with E-state index in [4.69, 9.17) is 5.73 Å². The van der Waals surface area contributed by atoms with Gasteiger partial charge in [-0.3, -0.25) is 9.59 Å². The average molecular weight is 479 g/mol. The van der Waals surface area contributed by atoms with E-state index in [0.29, 0.717) is 13.0 Å². The number of likely N-dealkylation sites (tertiary alicyclic amines) is 1. The van der Waals surface area contributed by atoms with Crippen molar-refractivity contribution in [3.05, 3.63) is 41.0 Å². The topological polar surface area (TPSA) is 76.3 Å². The van der Waals surface area contributed by atoms with Crippen LogP contribution in [0.15, 0.2) is 29.8 Å². The molecule has 3 unspecified atom stereocenters. The summed E-state index contributed by atoms with van der Waals surface area (Å²) in [4.78, 5) is 32.9. The standard InChI is InChI=1S/C23H31BN3O2S2.Na/c1-14(16-8-10-17(11-9-16)19-15(2)26-13-30-19)24-31-22(29)18-7-6-12-27(18)21(28)20(25)23(3,4)5;/h8-11,13-14,18,20H,6-7,12,25H2,1-5H3;/q-1;+1. The second-order valence-corrected chi connectivity index (χ2v) is 11.0. The summed E-state index contributed by atoms with van der Waals surface area (Å²) in [5.41, 5.74) is 11.1. The maximum Gasteiger partial charge on any atom is 1.00 e. The van der Waals surface area contributed by atoms with Crippen molar-refractivity contribution >= 4 is 40.5 Å². The van der Waals surface area contributed by atoms with Crippen molar-refractivity contribution in [1.29, 1.82) is 0 Å². The van der Waals surface area contributed by atoms with E-state index in [-0.39, 0.29) is 57.9 Å². The van der Waals surface area contributed by atoms with Crippen molar-refractivity contribution in [3.8, 4) is 10.4 Å². The molecule has 1 aliphatic rings. The zero-order valence-electron chi connectivity index (χ0n) is 19.9. The molecular formula is C23H31BN3NaO2S2. The van der Waals surface area contributed by atoms with E-state index in [1.807, 2.05) is 39.8 Å². The van der Waals surface area contributed by atoms with Gasteiger partial charge in [0.2, 0.25) is 5.91 Å². The fourth-order valence-corrected chi connectivity index (χ4v) is 5.38. The number of aryl methyl sites for hydroxylation is 1. The van der Waals surface area contributed by atoms with Crippen LogP contribution in [0, 0.1) is 12.3 Å². The molecule has 0 saturated carbocycles. The van der Waals surface area contributed by atoms with Gasteiger partial charge >= 0.3 is 29.6 Å². The van der Waals surface area contributed by atoms with Crippen LogP contribution in [0.25, 0.3) is 10.4 Å². The first kappa shape index (κ1) is 27.6. The third-order valence-electron chi connectivity index (χ3n) is 5.84. The zero-order chi connectivity index (χ0) is 22.8. The number of thiazole rings is 1. The molecule has 0 aliphatic carbocycles. The van der Waals surface area contributed by atoms with Gasteiger partial charge in [0.15, 0.2) is 5.12 Å². The first-order valence-corrected chi connectivity index (χ1v) is 12.5. The normalized spacial score (nSPS) is 18.2. The quantitative estimate of drug-likeness (QED) is 0.635. The Kier molecular flexibility index (Phi) is 10.1. The van der Waals surface area contributed by atoms with E-state index >= 15 is 0 Å². The summed E-state index contributed by atoms with van der Waals surface area (Å²) >= 11 is 2.86. The molecule has 0 bridgehead atoms. The number of carbonyl (C=O) groups is 2. The Labute approximate surface area is 222 Å². The van der Waals surface area contributed by atoms with Crippen LogP contribution >= 0.6 is 22.9 Å². The Morgan fingerprint density at radius 1 is 1.28 bits per heavy atom. The van der Waals surface area contributed by atoms with Gasteiger partial charge in [-0.2, -0.15) is 5.82 Å². The average Bonchev–Trinajstić information content (AvgIpc) is 3.39. The molecule has 9 heteroatoms. The Hall–Kier alpha value is -0.635. The predicted octanol–water partition coefficient (Wildman–Crippen LogP) is 1.43. The molecule has 1 fully saturated rings. The van der Waals surface area contributed by atoms with E-state index in [9.17, 15) is 9.59 Å². The second-order valence-electron chi connectivity index (χ2n) is 9.28. The SMILES string of the molecule is Cc1ncsc1-c1ccc(C(C)[B-]SC(=O)C2CCCN2C(=O)C(N)C(C)(C)C)cc1.[Na+]. The minimum atomic E-state index is -0.602. The van der Waals surface area contributed by atoms with Gasteiger partial charge in [-0.05, 0) is 30.7 Å². The molecule has 1 amide bonds. The van der Waals surface area contributed by atoms with Gasteiger partial charge in [-0.15, -0.1) is 11.3 Å². The fourth-order valence-electron chi connectivity index (χ4n) is 3.67. The first-order valence-electron chi connectivity index (χ1n) is 10.7. The molecule has 32 heavy (non-hydrogen) atoms. The monoisotopic (exact) mass is 479 g/mol. The number of benzene rings is 1. The number of nitrogens with zero attached hydrogens (tertiary/aromatic N) is 2. The molecule has 166 valence electrons. The summed E-state index contributed by atoms with van der Waals surface area (Å²) in [5.74, 6) is -0.00103. The molecule has 1 saturated heterocycles. The summed E-state index contributed by atoms with van der Waals surface area (Å²) in [6.45, 7) is 12.5. The molecule has 2 aromatic rings. The minimum Gasteiger partial charge on any atom is -0.379 e. The van der Waals surface area contributed by atoms with Crippen LogP contribution in [-0.4, -0.2) is 46.1 Å². The van der Waals surface area contributed by atoms with Crippen molar-refractivity contribution in [2.24, 2.45) is 11.1 Å². The van der Waals surface area contributed by atoms with Crippen molar-refractivity contribution < 1.29 is 39.1 Å². The molecular weight excluding hydrogens is 448 g/mol. The van der Waals surface area contributed by atoms with E-state index in [0.717, 1.165) is 23.2 Å². The van der Waals surface area contributed by atoms with Crippen LogP contribution in [0.4, 0.5) is 0 Å². The largest absolute Gasteiger partial charge is 1.00 e. The van der Waals surface area contributed by atoms with Gasteiger partial charge in [-0.25, -0.2) is 11.5 Å². The Bertz CT molecular complexity index is 930. The van der Waals surface area contributed by atoms with Gasteiger partial charge in [0.25, 0.3) is 0 Å². The van der Waals surface area contributed by atoms with Crippen LogP contribution < -0.4 is 35.3 Å². The van der Waals surface area contributed by atoms with Gasteiger partial charge in [0, 0.05) is 6.54 Å². The summed E-state index contributed by atoms with van der Waals surface area (Å²) in [5, 5.41) is 0.0238. The van der Waals surface area contributed by atoms with Crippen LogP contribution in [0.3, 0.4) is 0 Å². The molecule has 1 aromatic carbocycles. The summed E-state index contributed by atoms with van der Waals surface area (Å²) in [7, 11) is 0. The number of carbonyl (C=O) groups excluding carboxylic acids is 2. The van der Waals surface area contributed by atoms with Gasteiger partial charge < -0.3 is 22.2 Å². The number of amides is 1. The van der Waals surface area contributed by atoms with E-state index < -0.39 is 6.04 Å². The second kappa shape index (κ2) is 11.7. The third-order valence-corrected chi connectivity index (χ3v) is 7.87. The molecule has 5 nitrogen and oxygen atoms in total. The molecule has 2 radical (unpaired) electrons.